The van der Waals surface area contributed by atoms with Crippen LogP contribution in [0.25, 0.3) is 10.9 Å². The summed E-state index contributed by atoms with van der Waals surface area (Å²) < 4.78 is 13.1. The number of benzene rings is 1. The van der Waals surface area contributed by atoms with E-state index >= 15 is 0 Å². The molecule has 0 radical (unpaired) electrons. The Kier molecular flexibility index (Phi) is 4.99. The predicted molar refractivity (Wildman–Crippen MR) is 101 cm³/mol. The summed E-state index contributed by atoms with van der Waals surface area (Å²) in [4.78, 5) is 25.2. The zero-order chi connectivity index (χ0) is 18.3. The third kappa shape index (κ3) is 4.28. The van der Waals surface area contributed by atoms with Crippen LogP contribution < -0.4 is 0 Å². The summed E-state index contributed by atoms with van der Waals surface area (Å²) in [7, 11) is 0. The molecule has 0 saturated heterocycles. The highest BCUT2D eigenvalue weighted by atomic mass is 127. The molecular weight excluding hydrogens is 421 g/mol. The van der Waals surface area contributed by atoms with Crippen molar-refractivity contribution in [3.8, 4) is 0 Å². The first kappa shape index (κ1) is 18.8. The standard InChI is InChI=1S/C18H22INO4/c1-17(2,3)23-15(21)14-10-11-12(19)8-7-9-13(11)20(14)16(22)24-18(4,5)6/h7-10H,1-6H3. The summed E-state index contributed by atoms with van der Waals surface area (Å²) in [6.07, 6.45) is -0.597. The molecule has 0 N–H and O–H groups in total. The van der Waals surface area contributed by atoms with Crippen LogP contribution in [0.2, 0.25) is 0 Å². The van der Waals surface area contributed by atoms with Gasteiger partial charge in [-0.15, -0.1) is 0 Å². The number of aromatic nitrogens is 1. The van der Waals surface area contributed by atoms with Gasteiger partial charge in [0.25, 0.3) is 0 Å². The van der Waals surface area contributed by atoms with Crippen LogP contribution in [0.3, 0.4) is 0 Å². The van der Waals surface area contributed by atoms with Crippen LogP contribution in [-0.2, 0) is 9.47 Å². The van der Waals surface area contributed by atoms with Crippen molar-refractivity contribution in [1.29, 1.82) is 0 Å². The highest BCUT2D eigenvalue weighted by Gasteiger charge is 2.28. The smallest absolute Gasteiger partial charge is 0.419 e. The largest absolute Gasteiger partial charge is 0.455 e. The van der Waals surface area contributed by atoms with Crippen molar-refractivity contribution in [2.24, 2.45) is 0 Å². The number of esters is 1. The second-order valence-corrected chi connectivity index (χ2v) is 8.68. The molecular formula is C18H22INO4. The Bertz CT molecular complexity index is 794. The average molecular weight is 443 g/mol. The molecule has 1 heterocycles. The quantitative estimate of drug-likeness (QED) is 0.461. The van der Waals surface area contributed by atoms with Crippen LogP contribution in [0.1, 0.15) is 52.0 Å². The maximum absolute atomic E-state index is 12.7. The summed E-state index contributed by atoms with van der Waals surface area (Å²) in [5, 5.41) is 0.810. The minimum atomic E-state index is -0.666. The van der Waals surface area contributed by atoms with Gasteiger partial charge in [-0.1, -0.05) is 6.07 Å². The Morgan fingerprint density at radius 3 is 2.12 bits per heavy atom. The zero-order valence-electron chi connectivity index (χ0n) is 14.8. The lowest BCUT2D eigenvalue weighted by Gasteiger charge is -2.22. The van der Waals surface area contributed by atoms with Gasteiger partial charge in [0.05, 0.1) is 5.52 Å². The first-order chi connectivity index (χ1) is 10.9. The third-order valence-corrected chi connectivity index (χ3v) is 3.92. The zero-order valence-corrected chi connectivity index (χ0v) is 16.9. The van der Waals surface area contributed by atoms with Crippen molar-refractivity contribution in [3.05, 3.63) is 33.5 Å². The first-order valence-electron chi connectivity index (χ1n) is 7.66. The Balaban J connectivity index is 2.61. The summed E-state index contributed by atoms with van der Waals surface area (Å²) in [6.45, 7) is 10.7. The molecule has 2 rings (SSSR count). The summed E-state index contributed by atoms with van der Waals surface area (Å²) in [5.41, 5.74) is -0.532. The molecule has 0 fully saturated rings. The van der Waals surface area contributed by atoms with E-state index < -0.39 is 23.3 Å². The Labute approximate surface area is 155 Å². The van der Waals surface area contributed by atoms with Crippen LogP contribution in [0.15, 0.2) is 24.3 Å². The number of carbonyl (C=O) groups excluding carboxylic acids is 2. The molecule has 0 aliphatic heterocycles. The van der Waals surface area contributed by atoms with E-state index in [0.29, 0.717) is 5.52 Å². The molecule has 0 bridgehead atoms. The van der Waals surface area contributed by atoms with E-state index in [2.05, 4.69) is 22.6 Å². The Morgan fingerprint density at radius 1 is 1.00 bits per heavy atom. The van der Waals surface area contributed by atoms with E-state index in [1.807, 2.05) is 12.1 Å². The molecule has 6 heteroatoms. The number of ether oxygens (including phenoxy) is 2. The predicted octanol–water partition coefficient (Wildman–Crippen LogP) is 4.98. The lowest BCUT2D eigenvalue weighted by atomic mass is 10.2. The van der Waals surface area contributed by atoms with Gasteiger partial charge >= 0.3 is 12.1 Å². The van der Waals surface area contributed by atoms with Gasteiger partial charge in [-0.3, -0.25) is 0 Å². The van der Waals surface area contributed by atoms with E-state index in [-0.39, 0.29) is 5.69 Å². The summed E-state index contributed by atoms with van der Waals surface area (Å²) in [6, 6.07) is 7.22. The first-order valence-corrected chi connectivity index (χ1v) is 8.73. The number of hydrogen-bond acceptors (Lipinski definition) is 4. The molecule has 1 aromatic heterocycles. The van der Waals surface area contributed by atoms with Crippen LogP contribution in [0.5, 0.6) is 0 Å². The number of hydrogen-bond donors (Lipinski definition) is 0. The van der Waals surface area contributed by atoms with Crippen LogP contribution in [0, 0.1) is 3.57 Å². The third-order valence-electron chi connectivity index (χ3n) is 2.98. The maximum Gasteiger partial charge on any atom is 0.419 e. The van der Waals surface area contributed by atoms with Crippen LogP contribution in [0.4, 0.5) is 4.79 Å². The van der Waals surface area contributed by atoms with Crippen molar-refractivity contribution in [1.82, 2.24) is 4.57 Å². The summed E-state index contributed by atoms with van der Waals surface area (Å²) in [5.74, 6) is -0.555. The SMILES string of the molecule is CC(C)(C)OC(=O)c1cc2c(I)cccc2n1C(=O)OC(C)(C)C. The fraction of sp³-hybridized carbons (Fsp3) is 0.444. The van der Waals surface area contributed by atoms with Crippen molar-refractivity contribution in [2.75, 3.05) is 0 Å². The minimum Gasteiger partial charge on any atom is -0.455 e. The number of rotatable bonds is 1. The van der Waals surface area contributed by atoms with E-state index in [9.17, 15) is 9.59 Å². The van der Waals surface area contributed by atoms with E-state index in [1.165, 1.54) is 4.57 Å². The van der Waals surface area contributed by atoms with Gasteiger partial charge in [0.15, 0.2) is 0 Å². The van der Waals surface area contributed by atoms with Crippen molar-refractivity contribution < 1.29 is 19.1 Å². The lowest BCUT2D eigenvalue weighted by molar-refractivity contribution is 0.00501. The number of carbonyl (C=O) groups is 2. The van der Waals surface area contributed by atoms with E-state index in [4.69, 9.17) is 9.47 Å². The highest BCUT2D eigenvalue weighted by Crippen LogP contribution is 2.27. The fourth-order valence-corrected chi connectivity index (χ4v) is 2.82. The van der Waals surface area contributed by atoms with Crippen molar-refractivity contribution in [2.45, 2.75) is 52.7 Å². The molecule has 1 aromatic carbocycles. The molecule has 0 aliphatic rings. The molecule has 0 aliphatic carbocycles. The monoisotopic (exact) mass is 443 g/mol. The second-order valence-electron chi connectivity index (χ2n) is 7.52. The maximum atomic E-state index is 12.7. The molecule has 0 atom stereocenters. The average Bonchev–Trinajstić information content (AvgIpc) is 2.75. The van der Waals surface area contributed by atoms with Gasteiger partial charge in [0.2, 0.25) is 0 Å². The van der Waals surface area contributed by atoms with Gasteiger partial charge < -0.3 is 9.47 Å². The van der Waals surface area contributed by atoms with Crippen LogP contribution in [-0.4, -0.2) is 27.8 Å². The molecule has 2 aromatic rings. The topological polar surface area (TPSA) is 57.5 Å². The minimum absolute atomic E-state index is 0.165. The van der Waals surface area contributed by atoms with E-state index in [1.54, 1.807) is 53.7 Å². The number of fused-ring (bicyclic) bond motifs is 1. The van der Waals surface area contributed by atoms with Gasteiger partial charge in [0, 0.05) is 8.96 Å². The van der Waals surface area contributed by atoms with Crippen molar-refractivity contribution >= 4 is 45.6 Å². The molecule has 0 unspecified atom stereocenters. The second kappa shape index (κ2) is 6.38. The lowest BCUT2D eigenvalue weighted by Crippen LogP contribution is -2.31. The number of nitrogens with zero attached hydrogens (tertiary/aromatic N) is 1. The molecule has 130 valence electrons. The highest BCUT2D eigenvalue weighted by molar-refractivity contribution is 14.1. The molecule has 0 saturated carbocycles. The van der Waals surface area contributed by atoms with Gasteiger partial charge in [-0.2, -0.15) is 0 Å². The molecule has 0 spiro atoms. The fourth-order valence-electron chi connectivity index (χ4n) is 2.18. The van der Waals surface area contributed by atoms with Gasteiger partial charge in [-0.25, -0.2) is 14.2 Å². The van der Waals surface area contributed by atoms with Crippen molar-refractivity contribution in [3.63, 3.8) is 0 Å². The summed E-state index contributed by atoms with van der Waals surface area (Å²) >= 11 is 2.17. The Morgan fingerprint density at radius 2 is 1.58 bits per heavy atom. The normalized spacial score (nSPS) is 12.3. The molecule has 0 amide bonds. The molecule has 5 nitrogen and oxygen atoms in total. The van der Waals surface area contributed by atoms with Gasteiger partial charge in [0.1, 0.15) is 16.9 Å². The van der Waals surface area contributed by atoms with Gasteiger partial charge in [-0.05, 0) is 82.3 Å². The Hall–Kier alpha value is -1.57. The molecule has 24 heavy (non-hydrogen) atoms. The number of halogens is 1. The van der Waals surface area contributed by atoms with E-state index in [0.717, 1.165) is 8.96 Å². The van der Waals surface area contributed by atoms with Crippen LogP contribution >= 0.6 is 22.6 Å².